The van der Waals surface area contributed by atoms with Crippen LogP contribution in [0.1, 0.15) is 64.3 Å². The number of fused-ring (bicyclic) bond motifs is 1. The molecule has 1 aliphatic heterocycles. The molecule has 0 aliphatic carbocycles. The van der Waals surface area contributed by atoms with E-state index in [1.165, 1.54) is 11.5 Å². The standard InChI is InChI=1S/C23H35N3O5S/c1-14(2)19(26-22(30)31-13-23(3,4)5)17(27)11-15-8-9-18-16(12-25-32-18)7-6-10-24-21(29)20(15)28/h12,14-15,19H,6-11,13H2,1-5H3,(H,24,29)(H,26,30). The first-order chi connectivity index (χ1) is 15.0. The van der Waals surface area contributed by atoms with E-state index in [9.17, 15) is 19.2 Å². The zero-order valence-corrected chi connectivity index (χ0v) is 20.5. The van der Waals surface area contributed by atoms with Gasteiger partial charge in [-0.05, 0) is 54.1 Å². The van der Waals surface area contributed by atoms with Crippen molar-refractivity contribution in [2.45, 2.75) is 72.8 Å². The Morgan fingerprint density at radius 3 is 2.66 bits per heavy atom. The third kappa shape index (κ3) is 8.00. The van der Waals surface area contributed by atoms with Gasteiger partial charge in [-0.25, -0.2) is 9.17 Å². The van der Waals surface area contributed by atoms with Crippen LogP contribution in [0, 0.1) is 17.3 Å². The van der Waals surface area contributed by atoms with E-state index in [-0.39, 0.29) is 30.1 Å². The van der Waals surface area contributed by atoms with E-state index in [2.05, 4.69) is 15.0 Å². The van der Waals surface area contributed by atoms with Crippen LogP contribution in [0.5, 0.6) is 0 Å². The Kier molecular flexibility index (Phi) is 9.36. The van der Waals surface area contributed by atoms with Gasteiger partial charge in [0.05, 0.1) is 12.6 Å². The third-order valence-electron chi connectivity index (χ3n) is 5.32. The van der Waals surface area contributed by atoms with Gasteiger partial charge < -0.3 is 15.4 Å². The van der Waals surface area contributed by atoms with Gasteiger partial charge in [0.15, 0.2) is 5.78 Å². The van der Waals surface area contributed by atoms with Gasteiger partial charge in [-0.15, -0.1) is 0 Å². The molecule has 2 amide bonds. The minimum atomic E-state index is -0.796. The average molecular weight is 466 g/mol. The number of aromatic nitrogens is 1. The minimum absolute atomic E-state index is 0.108. The summed E-state index contributed by atoms with van der Waals surface area (Å²) in [5, 5.41) is 5.31. The van der Waals surface area contributed by atoms with Crippen molar-refractivity contribution in [1.29, 1.82) is 0 Å². The van der Waals surface area contributed by atoms with Crippen LogP contribution in [-0.2, 0) is 32.0 Å². The number of amides is 2. The van der Waals surface area contributed by atoms with Gasteiger partial charge in [0, 0.05) is 30.0 Å². The first-order valence-electron chi connectivity index (χ1n) is 11.2. The highest BCUT2D eigenvalue weighted by molar-refractivity contribution is 7.05. The topological polar surface area (TPSA) is 114 Å². The quantitative estimate of drug-likeness (QED) is 0.624. The van der Waals surface area contributed by atoms with Crippen LogP contribution in [0.2, 0.25) is 0 Å². The molecular formula is C23H35N3O5S. The summed E-state index contributed by atoms with van der Waals surface area (Å²) in [6.07, 6.45) is 3.56. The lowest BCUT2D eigenvalue weighted by atomic mass is 9.87. The van der Waals surface area contributed by atoms with E-state index in [0.717, 1.165) is 23.3 Å². The first-order valence-corrected chi connectivity index (χ1v) is 12.0. The van der Waals surface area contributed by atoms with Crippen molar-refractivity contribution < 1.29 is 23.9 Å². The lowest BCUT2D eigenvalue weighted by Crippen LogP contribution is -2.46. The number of aryl methyl sites for hydroxylation is 2. The van der Waals surface area contributed by atoms with Crippen molar-refractivity contribution >= 4 is 35.1 Å². The Morgan fingerprint density at radius 1 is 1.28 bits per heavy atom. The van der Waals surface area contributed by atoms with E-state index in [4.69, 9.17) is 4.74 Å². The lowest BCUT2D eigenvalue weighted by Gasteiger charge is -2.24. The van der Waals surface area contributed by atoms with E-state index in [0.29, 0.717) is 19.4 Å². The van der Waals surface area contributed by atoms with E-state index in [1.807, 2.05) is 40.8 Å². The predicted octanol–water partition coefficient (Wildman–Crippen LogP) is 3.08. The van der Waals surface area contributed by atoms with Gasteiger partial charge in [0.1, 0.15) is 0 Å². The van der Waals surface area contributed by atoms with Gasteiger partial charge in [0.2, 0.25) is 5.78 Å². The number of alkyl carbamates (subject to hydrolysis) is 1. The average Bonchev–Trinajstić information content (AvgIpc) is 3.15. The molecule has 0 saturated heterocycles. The zero-order valence-electron chi connectivity index (χ0n) is 19.7. The van der Waals surface area contributed by atoms with Gasteiger partial charge in [-0.1, -0.05) is 34.6 Å². The molecule has 9 heteroatoms. The number of ether oxygens (including phenoxy) is 1. The first kappa shape index (κ1) is 26.0. The number of Topliss-reactive ketones (excluding diaryl/α,β-unsaturated/α-hetero) is 2. The molecule has 0 aromatic carbocycles. The highest BCUT2D eigenvalue weighted by Gasteiger charge is 2.33. The SMILES string of the molecule is CC(C)C(NC(=O)OCC(C)(C)C)C(=O)CC1CCc2sncc2CCCNC(=O)C1=O. The van der Waals surface area contributed by atoms with Crippen molar-refractivity contribution in [3.8, 4) is 0 Å². The molecule has 2 atom stereocenters. The molecule has 178 valence electrons. The molecule has 8 nitrogen and oxygen atoms in total. The summed E-state index contributed by atoms with van der Waals surface area (Å²) in [5.74, 6) is -2.44. The molecular weight excluding hydrogens is 430 g/mol. The van der Waals surface area contributed by atoms with Crippen molar-refractivity contribution in [2.75, 3.05) is 13.2 Å². The monoisotopic (exact) mass is 465 g/mol. The molecule has 0 bridgehead atoms. The summed E-state index contributed by atoms with van der Waals surface area (Å²) in [5.41, 5.74) is 0.936. The Hall–Kier alpha value is -2.29. The second-order valence-corrected chi connectivity index (χ2v) is 10.8. The molecule has 2 unspecified atom stereocenters. The van der Waals surface area contributed by atoms with Crippen molar-refractivity contribution in [1.82, 2.24) is 15.0 Å². The molecule has 2 N–H and O–H groups in total. The Morgan fingerprint density at radius 2 is 2.00 bits per heavy atom. The fraction of sp³-hybridized carbons (Fsp3) is 0.696. The highest BCUT2D eigenvalue weighted by atomic mass is 32.1. The molecule has 32 heavy (non-hydrogen) atoms. The lowest BCUT2D eigenvalue weighted by molar-refractivity contribution is -0.141. The van der Waals surface area contributed by atoms with Gasteiger partial charge in [-0.3, -0.25) is 14.4 Å². The molecule has 0 saturated carbocycles. The second-order valence-electron chi connectivity index (χ2n) is 9.91. The number of nitrogens with zero attached hydrogens (tertiary/aromatic N) is 1. The van der Waals surface area contributed by atoms with E-state index >= 15 is 0 Å². The van der Waals surface area contributed by atoms with Crippen LogP contribution in [0.3, 0.4) is 0 Å². The van der Waals surface area contributed by atoms with Crippen LogP contribution in [0.25, 0.3) is 0 Å². The van der Waals surface area contributed by atoms with Gasteiger partial charge in [-0.2, -0.15) is 0 Å². The molecule has 0 radical (unpaired) electrons. The maximum Gasteiger partial charge on any atom is 0.407 e. The van der Waals surface area contributed by atoms with E-state index in [1.54, 1.807) is 0 Å². The fourth-order valence-corrected chi connectivity index (χ4v) is 4.31. The Labute approximate surface area is 194 Å². The second kappa shape index (κ2) is 11.5. The van der Waals surface area contributed by atoms with Crippen LogP contribution in [-0.4, -0.2) is 47.1 Å². The summed E-state index contributed by atoms with van der Waals surface area (Å²) < 4.78 is 9.49. The summed E-state index contributed by atoms with van der Waals surface area (Å²) in [4.78, 5) is 51.5. The fourth-order valence-electron chi connectivity index (χ4n) is 3.52. The van der Waals surface area contributed by atoms with Gasteiger partial charge >= 0.3 is 6.09 Å². The number of hydrogen-bond acceptors (Lipinski definition) is 7. The number of carbonyl (C=O) groups is 4. The number of ketones is 2. The van der Waals surface area contributed by atoms with Gasteiger partial charge in [0.25, 0.3) is 5.91 Å². The van der Waals surface area contributed by atoms with Crippen LogP contribution in [0.4, 0.5) is 4.79 Å². The summed E-state index contributed by atoms with van der Waals surface area (Å²) >= 11 is 1.40. The minimum Gasteiger partial charge on any atom is -0.449 e. The maximum absolute atomic E-state index is 13.1. The zero-order chi connectivity index (χ0) is 23.9. The van der Waals surface area contributed by atoms with Crippen molar-refractivity contribution in [3.63, 3.8) is 0 Å². The number of hydrogen-bond donors (Lipinski definition) is 2. The summed E-state index contributed by atoms with van der Waals surface area (Å²) in [6.45, 7) is 10.1. The summed E-state index contributed by atoms with van der Waals surface area (Å²) in [6, 6.07) is -0.796. The third-order valence-corrected chi connectivity index (χ3v) is 6.22. The van der Waals surface area contributed by atoms with E-state index < -0.39 is 29.7 Å². The molecule has 0 fully saturated rings. The predicted molar refractivity (Wildman–Crippen MR) is 122 cm³/mol. The molecule has 2 heterocycles. The molecule has 1 aromatic rings. The van der Waals surface area contributed by atoms with Crippen LogP contribution in [0.15, 0.2) is 6.20 Å². The number of nitrogens with one attached hydrogen (secondary N) is 2. The molecule has 2 rings (SSSR count). The maximum atomic E-state index is 13.1. The smallest absolute Gasteiger partial charge is 0.407 e. The highest BCUT2D eigenvalue weighted by Crippen LogP contribution is 2.23. The normalized spacial score (nSPS) is 18.9. The molecule has 0 spiro atoms. The Bertz CT molecular complexity index is 828. The Balaban J connectivity index is 2.10. The number of rotatable bonds is 6. The summed E-state index contributed by atoms with van der Waals surface area (Å²) in [7, 11) is 0. The van der Waals surface area contributed by atoms with Crippen molar-refractivity contribution in [2.24, 2.45) is 17.3 Å². The number of carbonyl (C=O) groups excluding carboxylic acids is 4. The van der Waals surface area contributed by atoms with Crippen LogP contribution < -0.4 is 10.6 Å². The van der Waals surface area contributed by atoms with Crippen LogP contribution >= 0.6 is 11.5 Å². The molecule has 1 aromatic heterocycles. The largest absolute Gasteiger partial charge is 0.449 e. The molecule has 1 aliphatic rings. The van der Waals surface area contributed by atoms with Crippen molar-refractivity contribution in [3.05, 3.63) is 16.6 Å².